The van der Waals surface area contributed by atoms with E-state index >= 15 is 0 Å². The highest BCUT2D eigenvalue weighted by atomic mass is 127. The predicted octanol–water partition coefficient (Wildman–Crippen LogP) is 7.40. The van der Waals surface area contributed by atoms with Crippen molar-refractivity contribution in [1.29, 1.82) is 0 Å². The number of para-hydroxylation sites is 1. The molecule has 40 heavy (non-hydrogen) atoms. The monoisotopic (exact) mass is 630 g/mol. The molecule has 0 aromatic heterocycles. The van der Waals surface area contributed by atoms with Crippen LogP contribution < -0.4 is 4.90 Å². The van der Waals surface area contributed by atoms with Crippen molar-refractivity contribution >= 4 is 62.8 Å². The SMILES string of the molecule is O=C1[C@@H]2C3c4ccccc4C(C=Nc4ccccc4I)(c4ccccc43)[C@H]2C(=O)N1c1cccc2ccccc12. The van der Waals surface area contributed by atoms with Crippen LogP contribution in [0, 0.1) is 15.4 Å². The predicted molar refractivity (Wildman–Crippen MR) is 166 cm³/mol. The minimum atomic E-state index is -0.877. The number of imide groups is 1. The van der Waals surface area contributed by atoms with Crippen LogP contribution in [0.2, 0.25) is 0 Å². The molecule has 1 fully saturated rings. The number of halogens is 1. The summed E-state index contributed by atoms with van der Waals surface area (Å²) in [7, 11) is 0. The molecule has 5 aromatic carbocycles. The molecule has 1 saturated heterocycles. The van der Waals surface area contributed by atoms with Gasteiger partial charge in [-0.2, -0.15) is 0 Å². The Kier molecular flexibility index (Phi) is 5.17. The van der Waals surface area contributed by atoms with Crippen molar-refractivity contribution in [2.45, 2.75) is 11.3 Å². The number of hydrogen-bond acceptors (Lipinski definition) is 3. The second-order valence-electron chi connectivity index (χ2n) is 10.7. The van der Waals surface area contributed by atoms with Crippen molar-refractivity contribution in [3.8, 4) is 0 Å². The lowest BCUT2D eigenvalue weighted by atomic mass is 9.47. The van der Waals surface area contributed by atoms with Gasteiger partial charge in [-0.3, -0.25) is 14.6 Å². The number of fused-ring (bicyclic) bond motifs is 1. The lowest BCUT2D eigenvalue weighted by molar-refractivity contribution is -0.122. The average Bonchev–Trinajstić information content (AvgIpc) is 3.27. The molecule has 0 N–H and O–H groups in total. The van der Waals surface area contributed by atoms with Gasteiger partial charge in [0, 0.05) is 21.1 Å². The maximum atomic E-state index is 14.7. The maximum Gasteiger partial charge on any atom is 0.239 e. The van der Waals surface area contributed by atoms with Gasteiger partial charge in [-0.05, 0) is 68.4 Å². The van der Waals surface area contributed by atoms with Crippen LogP contribution in [-0.4, -0.2) is 18.0 Å². The largest absolute Gasteiger partial charge is 0.274 e. The molecule has 4 nitrogen and oxygen atoms in total. The van der Waals surface area contributed by atoms with Crippen LogP contribution in [0.1, 0.15) is 28.2 Å². The molecule has 0 unspecified atom stereocenters. The zero-order chi connectivity index (χ0) is 27.0. The standard InChI is InChI=1S/C35H23IN2O2/c36-27-17-7-8-18-28(27)37-20-35-25-15-5-3-13-23(25)30(24-14-4-6-16-26(24)35)31-32(35)34(40)38(33(31)39)29-19-9-11-21-10-1-2-12-22(21)29/h1-20,30-32H/t30?,31-,32-,35?/m1/s1. The van der Waals surface area contributed by atoms with Crippen LogP contribution in [-0.2, 0) is 15.0 Å². The van der Waals surface area contributed by atoms with Crippen molar-refractivity contribution in [3.63, 3.8) is 0 Å². The van der Waals surface area contributed by atoms with Crippen LogP contribution in [0.25, 0.3) is 10.8 Å². The lowest BCUT2D eigenvalue weighted by Gasteiger charge is -2.52. The highest BCUT2D eigenvalue weighted by molar-refractivity contribution is 14.1. The number of nitrogens with zero attached hydrogens (tertiary/aromatic N) is 2. The third-order valence-electron chi connectivity index (χ3n) is 8.95. The Balaban J connectivity index is 1.41. The van der Waals surface area contributed by atoms with E-state index in [9.17, 15) is 9.59 Å². The molecule has 1 heterocycles. The third-order valence-corrected chi connectivity index (χ3v) is 9.86. The molecule has 0 spiro atoms. The Morgan fingerprint density at radius 2 is 1.32 bits per heavy atom. The molecule has 4 aliphatic rings. The van der Waals surface area contributed by atoms with E-state index in [1.807, 2.05) is 97.2 Å². The summed E-state index contributed by atoms with van der Waals surface area (Å²) in [6.07, 6.45) is 1.97. The zero-order valence-corrected chi connectivity index (χ0v) is 23.5. The first-order chi connectivity index (χ1) is 19.6. The van der Waals surface area contributed by atoms with Crippen molar-refractivity contribution < 1.29 is 9.59 Å². The number of hydrogen-bond donors (Lipinski definition) is 0. The van der Waals surface area contributed by atoms with Crippen LogP contribution in [0.15, 0.2) is 120 Å². The van der Waals surface area contributed by atoms with E-state index in [0.717, 1.165) is 42.3 Å². The van der Waals surface area contributed by atoms with Crippen molar-refractivity contribution in [1.82, 2.24) is 0 Å². The Morgan fingerprint density at radius 3 is 2.08 bits per heavy atom. The van der Waals surface area contributed by atoms with Gasteiger partial charge in [-0.15, -0.1) is 0 Å². The van der Waals surface area contributed by atoms with Crippen LogP contribution in [0.3, 0.4) is 0 Å². The Hall–Kier alpha value is -4.10. The van der Waals surface area contributed by atoms with Crippen LogP contribution in [0.5, 0.6) is 0 Å². The van der Waals surface area contributed by atoms with E-state index in [2.05, 4.69) is 46.9 Å². The second-order valence-corrected chi connectivity index (χ2v) is 11.9. The molecule has 0 radical (unpaired) electrons. The molecular weight excluding hydrogens is 607 g/mol. The van der Waals surface area contributed by atoms with Crippen molar-refractivity contribution in [3.05, 3.63) is 141 Å². The summed E-state index contributed by atoms with van der Waals surface area (Å²) in [4.78, 5) is 35.8. The average molecular weight is 630 g/mol. The van der Waals surface area contributed by atoms with Crippen molar-refractivity contribution in [2.24, 2.45) is 16.8 Å². The van der Waals surface area contributed by atoms with E-state index in [1.54, 1.807) is 0 Å². The number of amides is 2. The highest BCUT2D eigenvalue weighted by Gasteiger charge is 2.68. The molecular formula is C35H23IN2O2. The molecule has 9 rings (SSSR count). The minimum Gasteiger partial charge on any atom is -0.274 e. The summed E-state index contributed by atoms with van der Waals surface area (Å²) in [6.45, 7) is 0. The summed E-state index contributed by atoms with van der Waals surface area (Å²) < 4.78 is 1.03. The first kappa shape index (κ1) is 23.8. The lowest BCUT2D eigenvalue weighted by Crippen LogP contribution is -2.54. The number of anilines is 1. The van der Waals surface area contributed by atoms with Gasteiger partial charge in [0.2, 0.25) is 11.8 Å². The van der Waals surface area contributed by atoms with Crippen molar-refractivity contribution in [2.75, 3.05) is 4.90 Å². The first-order valence-electron chi connectivity index (χ1n) is 13.5. The molecule has 5 aromatic rings. The second kappa shape index (κ2) is 8.70. The number of carbonyl (C=O) groups is 2. The molecule has 2 bridgehead atoms. The Morgan fingerprint density at radius 1 is 0.700 bits per heavy atom. The molecule has 192 valence electrons. The van der Waals surface area contributed by atoms with Gasteiger partial charge >= 0.3 is 0 Å². The summed E-state index contributed by atoms with van der Waals surface area (Å²) in [5, 5.41) is 1.90. The molecule has 0 saturated carbocycles. The van der Waals surface area contributed by atoms with E-state index < -0.39 is 17.3 Å². The third kappa shape index (κ3) is 3.04. The summed E-state index contributed by atoms with van der Waals surface area (Å²) in [6, 6.07) is 38.4. The Bertz CT molecular complexity index is 1860. The zero-order valence-electron chi connectivity index (χ0n) is 21.4. The number of aliphatic imine (C=N–C) groups is 1. The van der Waals surface area contributed by atoms with Crippen LogP contribution in [0.4, 0.5) is 11.4 Å². The number of carbonyl (C=O) groups excluding carboxylic acids is 2. The fourth-order valence-corrected chi connectivity index (χ4v) is 7.94. The van der Waals surface area contributed by atoms with E-state index in [1.165, 1.54) is 4.90 Å². The minimum absolute atomic E-state index is 0.132. The fourth-order valence-electron chi connectivity index (χ4n) is 7.42. The maximum absolute atomic E-state index is 14.7. The van der Waals surface area contributed by atoms with E-state index in [4.69, 9.17) is 4.99 Å². The van der Waals surface area contributed by atoms with Crippen LogP contribution >= 0.6 is 22.6 Å². The Labute approximate surface area is 245 Å². The molecule has 2 atom stereocenters. The summed E-state index contributed by atoms with van der Waals surface area (Å²) in [5.41, 5.74) is 4.97. The number of rotatable bonds is 3. The quantitative estimate of drug-likeness (QED) is 0.119. The van der Waals surface area contributed by atoms with E-state index in [-0.39, 0.29) is 17.7 Å². The highest BCUT2D eigenvalue weighted by Crippen LogP contribution is 2.64. The van der Waals surface area contributed by atoms with Gasteiger partial charge in [0.15, 0.2) is 0 Å². The smallest absolute Gasteiger partial charge is 0.239 e. The number of benzene rings is 5. The van der Waals surface area contributed by atoms with Gasteiger partial charge in [0.25, 0.3) is 0 Å². The molecule has 3 aliphatic carbocycles. The van der Waals surface area contributed by atoms with Gasteiger partial charge in [-0.1, -0.05) is 97.1 Å². The molecule has 1 aliphatic heterocycles. The topological polar surface area (TPSA) is 49.7 Å². The van der Waals surface area contributed by atoms with Gasteiger partial charge in [0.1, 0.15) is 0 Å². The molecule has 5 heteroatoms. The fraction of sp³-hybridized carbons (Fsp3) is 0.114. The first-order valence-corrected chi connectivity index (χ1v) is 14.5. The van der Waals surface area contributed by atoms with E-state index in [0.29, 0.717) is 5.69 Å². The summed E-state index contributed by atoms with van der Waals surface area (Å²) in [5.74, 6) is -1.60. The normalized spacial score (nSPS) is 24.4. The summed E-state index contributed by atoms with van der Waals surface area (Å²) >= 11 is 2.30. The van der Waals surface area contributed by atoms with Gasteiger partial charge in [0.05, 0.1) is 28.6 Å². The van der Waals surface area contributed by atoms with Gasteiger partial charge < -0.3 is 0 Å². The van der Waals surface area contributed by atoms with Gasteiger partial charge in [-0.25, -0.2) is 4.90 Å². The molecule has 2 amide bonds.